The van der Waals surface area contributed by atoms with Gasteiger partial charge in [0.2, 0.25) is 5.91 Å². The van der Waals surface area contributed by atoms with Crippen LogP contribution in [0.3, 0.4) is 0 Å². The number of benzene rings is 1. The van der Waals surface area contributed by atoms with Gasteiger partial charge >= 0.3 is 6.03 Å². The molecule has 3 amide bonds. The molecule has 1 unspecified atom stereocenters. The summed E-state index contributed by atoms with van der Waals surface area (Å²) in [6.45, 7) is 4.65. The summed E-state index contributed by atoms with van der Waals surface area (Å²) < 4.78 is 18.8. The van der Waals surface area contributed by atoms with E-state index in [4.69, 9.17) is 4.52 Å². The number of nitrogens with one attached hydrogen (secondary N) is 4. The summed E-state index contributed by atoms with van der Waals surface area (Å²) in [5.41, 5.74) is 3.01. The molecule has 2 aliphatic rings. The molecule has 34 heavy (non-hydrogen) atoms. The minimum Gasteiger partial charge on any atom is -0.384 e. The molecule has 1 aromatic heterocycles. The van der Waals surface area contributed by atoms with E-state index in [0.717, 1.165) is 43.5 Å². The Hall–Kier alpha value is -3.10. The lowest BCUT2D eigenvalue weighted by atomic mass is 9.84. The Morgan fingerprint density at radius 2 is 2.03 bits per heavy atom. The number of hydrogen-bond donors (Lipinski definition) is 4. The minimum atomic E-state index is -0.630. The van der Waals surface area contributed by atoms with Gasteiger partial charge in [-0.15, -0.1) is 0 Å². The highest BCUT2D eigenvalue weighted by atomic mass is 19.1. The van der Waals surface area contributed by atoms with Crippen molar-refractivity contribution in [2.45, 2.75) is 70.8 Å². The monoisotopic (exact) mass is 471 g/mol. The van der Waals surface area contributed by atoms with E-state index in [-0.39, 0.29) is 17.6 Å². The van der Waals surface area contributed by atoms with E-state index < -0.39 is 12.1 Å². The second kappa shape index (κ2) is 10.9. The summed E-state index contributed by atoms with van der Waals surface area (Å²) in [7, 11) is 0. The number of aryl methyl sites for hydroxylation is 2. The van der Waals surface area contributed by atoms with Crippen molar-refractivity contribution in [3.05, 3.63) is 41.0 Å². The first kappa shape index (κ1) is 24.0. The average Bonchev–Trinajstić information content (AvgIpc) is 3.36. The van der Waals surface area contributed by atoms with Gasteiger partial charge in [-0.2, -0.15) is 0 Å². The number of carbonyl (C=O) groups is 2. The van der Waals surface area contributed by atoms with Crippen molar-refractivity contribution < 1.29 is 18.5 Å². The van der Waals surface area contributed by atoms with Gasteiger partial charge in [-0.1, -0.05) is 37.3 Å². The van der Waals surface area contributed by atoms with Gasteiger partial charge in [-0.25, -0.2) is 9.18 Å². The standard InChI is InChI=1S/C25H34FN5O3/c1-15-23(16(2)34-31-15)30-25(33)29-22(12-17-6-4-3-5-7-17)24(32)27-11-10-18-14-28-21-9-8-19(26)13-20(18)21/h8-9,13,17-18,22,28H,3-7,10-12,14H2,1-2H3,(H,27,32)(H2,29,30,33)/t18?,22-/m0/s1. The number of fused-ring (bicyclic) bond motifs is 1. The molecule has 9 heteroatoms. The highest BCUT2D eigenvalue weighted by Gasteiger charge is 2.27. The molecule has 2 atom stereocenters. The summed E-state index contributed by atoms with van der Waals surface area (Å²) in [6, 6.07) is 3.69. The lowest BCUT2D eigenvalue weighted by Gasteiger charge is -2.27. The zero-order chi connectivity index (χ0) is 24.1. The fraction of sp³-hybridized carbons (Fsp3) is 0.560. The SMILES string of the molecule is Cc1noc(C)c1NC(=O)N[C@@H](CC1CCCCC1)C(=O)NCCC1CNc2ccc(F)cc21. The Bertz CT molecular complexity index is 998. The highest BCUT2D eigenvalue weighted by molar-refractivity contribution is 5.94. The van der Waals surface area contributed by atoms with E-state index in [0.29, 0.717) is 42.4 Å². The summed E-state index contributed by atoms with van der Waals surface area (Å²) in [5, 5.41) is 15.8. The van der Waals surface area contributed by atoms with E-state index in [1.54, 1.807) is 26.0 Å². The summed E-state index contributed by atoms with van der Waals surface area (Å²) in [4.78, 5) is 25.8. The fourth-order valence-electron chi connectivity index (χ4n) is 5.08. The van der Waals surface area contributed by atoms with Crippen LogP contribution in [0.4, 0.5) is 20.6 Å². The maximum absolute atomic E-state index is 13.7. The molecule has 184 valence electrons. The third kappa shape index (κ3) is 5.87. The maximum atomic E-state index is 13.7. The topological polar surface area (TPSA) is 108 Å². The number of hydrogen-bond acceptors (Lipinski definition) is 5. The highest BCUT2D eigenvalue weighted by Crippen LogP contribution is 2.34. The summed E-state index contributed by atoms with van der Waals surface area (Å²) >= 11 is 0. The summed E-state index contributed by atoms with van der Waals surface area (Å²) in [6.07, 6.45) is 7.01. The Morgan fingerprint density at radius 3 is 2.76 bits per heavy atom. The molecular formula is C25H34FN5O3. The zero-order valence-electron chi connectivity index (χ0n) is 19.9. The zero-order valence-corrected chi connectivity index (χ0v) is 19.9. The fourth-order valence-corrected chi connectivity index (χ4v) is 5.08. The van der Waals surface area contributed by atoms with Crippen LogP contribution in [0.15, 0.2) is 22.7 Å². The molecule has 1 saturated carbocycles. The Labute approximate surface area is 199 Å². The second-order valence-corrected chi connectivity index (χ2v) is 9.48. The first-order valence-electron chi connectivity index (χ1n) is 12.2. The number of carbonyl (C=O) groups excluding carboxylic acids is 2. The van der Waals surface area contributed by atoms with Crippen LogP contribution in [0, 0.1) is 25.6 Å². The predicted molar refractivity (Wildman–Crippen MR) is 128 cm³/mol. The number of anilines is 2. The number of aromatic nitrogens is 1. The van der Waals surface area contributed by atoms with Crippen molar-refractivity contribution in [1.82, 2.24) is 15.8 Å². The van der Waals surface area contributed by atoms with Crippen LogP contribution < -0.4 is 21.3 Å². The van der Waals surface area contributed by atoms with Gasteiger partial charge in [0.1, 0.15) is 23.2 Å². The molecule has 2 aromatic rings. The number of amides is 3. The second-order valence-electron chi connectivity index (χ2n) is 9.48. The van der Waals surface area contributed by atoms with Crippen molar-refractivity contribution in [2.24, 2.45) is 5.92 Å². The molecule has 2 heterocycles. The van der Waals surface area contributed by atoms with Crippen LogP contribution in [-0.4, -0.2) is 36.2 Å². The molecule has 0 spiro atoms. The van der Waals surface area contributed by atoms with Gasteiger partial charge in [-0.3, -0.25) is 4.79 Å². The molecule has 1 aliphatic heterocycles. The molecule has 0 saturated heterocycles. The average molecular weight is 472 g/mol. The van der Waals surface area contributed by atoms with Gasteiger partial charge in [0.15, 0.2) is 5.76 Å². The molecule has 8 nitrogen and oxygen atoms in total. The molecular weight excluding hydrogens is 437 g/mol. The molecule has 0 bridgehead atoms. The molecule has 1 fully saturated rings. The van der Waals surface area contributed by atoms with Crippen molar-refractivity contribution in [3.8, 4) is 0 Å². The predicted octanol–water partition coefficient (Wildman–Crippen LogP) is 4.61. The van der Waals surface area contributed by atoms with Crippen LogP contribution in [0.1, 0.15) is 67.9 Å². The lowest BCUT2D eigenvalue weighted by molar-refractivity contribution is -0.123. The van der Waals surface area contributed by atoms with E-state index >= 15 is 0 Å². The van der Waals surface area contributed by atoms with E-state index in [1.807, 2.05) is 0 Å². The van der Waals surface area contributed by atoms with Crippen molar-refractivity contribution in [3.63, 3.8) is 0 Å². The molecule has 4 N–H and O–H groups in total. The van der Waals surface area contributed by atoms with Crippen LogP contribution in [0.2, 0.25) is 0 Å². The molecule has 4 rings (SSSR count). The Morgan fingerprint density at radius 1 is 1.24 bits per heavy atom. The van der Waals surface area contributed by atoms with Crippen molar-refractivity contribution >= 4 is 23.3 Å². The van der Waals surface area contributed by atoms with Gasteiger partial charge in [0, 0.05) is 24.7 Å². The largest absolute Gasteiger partial charge is 0.384 e. The molecule has 0 radical (unpaired) electrons. The van der Waals surface area contributed by atoms with Gasteiger partial charge in [-0.05, 0) is 56.4 Å². The number of nitrogens with zero attached hydrogens (tertiary/aromatic N) is 1. The lowest BCUT2D eigenvalue weighted by Crippen LogP contribution is -2.49. The first-order valence-corrected chi connectivity index (χ1v) is 12.2. The van der Waals surface area contributed by atoms with Crippen molar-refractivity contribution in [2.75, 3.05) is 23.7 Å². The van der Waals surface area contributed by atoms with E-state index in [9.17, 15) is 14.0 Å². The smallest absolute Gasteiger partial charge is 0.320 e. The minimum absolute atomic E-state index is 0.138. The quantitative estimate of drug-likeness (QED) is 0.450. The van der Waals surface area contributed by atoms with Crippen LogP contribution in [0.25, 0.3) is 0 Å². The van der Waals surface area contributed by atoms with Crippen LogP contribution in [0.5, 0.6) is 0 Å². The van der Waals surface area contributed by atoms with Gasteiger partial charge < -0.3 is 25.8 Å². The van der Waals surface area contributed by atoms with Crippen molar-refractivity contribution in [1.29, 1.82) is 0 Å². The molecule has 1 aromatic carbocycles. The van der Waals surface area contributed by atoms with Gasteiger partial charge in [0.25, 0.3) is 0 Å². The normalized spacial score (nSPS) is 18.6. The number of urea groups is 1. The summed E-state index contributed by atoms with van der Waals surface area (Å²) in [5.74, 6) is 0.626. The maximum Gasteiger partial charge on any atom is 0.320 e. The third-order valence-corrected chi connectivity index (χ3v) is 6.97. The Balaban J connectivity index is 1.34. The molecule has 1 aliphatic carbocycles. The van der Waals surface area contributed by atoms with E-state index in [1.165, 1.54) is 12.5 Å². The van der Waals surface area contributed by atoms with Crippen LogP contribution in [-0.2, 0) is 4.79 Å². The van der Waals surface area contributed by atoms with E-state index in [2.05, 4.69) is 26.4 Å². The number of rotatable bonds is 8. The van der Waals surface area contributed by atoms with Crippen LogP contribution >= 0.6 is 0 Å². The first-order chi connectivity index (χ1) is 16.4. The Kier molecular flexibility index (Phi) is 7.70. The third-order valence-electron chi connectivity index (χ3n) is 6.97. The van der Waals surface area contributed by atoms with Gasteiger partial charge in [0.05, 0.1) is 0 Å². The number of halogens is 1.